The van der Waals surface area contributed by atoms with Crippen LogP contribution >= 0.6 is 11.6 Å². The van der Waals surface area contributed by atoms with Crippen molar-refractivity contribution in [2.24, 2.45) is 0 Å². The molecule has 0 aliphatic heterocycles. The van der Waals surface area contributed by atoms with Crippen LogP contribution in [-0.2, 0) is 0 Å². The molecule has 0 fully saturated rings. The normalized spacial score (nSPS) is 10.3. The van der Waals surface area contributed by atoms with Crippen molar-refractivity contribution in [3.63, 3.8) is 0 Å². The first kappa shape index (κ1) is 16.9. The van der Waals surface area contributed by atoms with Crippen molar-refractivity contribution >= 4 is 23.2 Å². The number of ether oxygens (including phenoxy) is 1. The van der Waals surface area contributed by atoms with Crippen LogP contribution in [0.5, 0.6) is 11.6 Å². The fourth-order valence-electron chi connectivity index (χ4n) is 2.35. The van der Waals surface area contributed by atoms with Gasteiger partial charge in [0.1, 0.15) is 16.6 Å². The molecule has 0 unspecified atom stereocenters. The molecule has 0 aliphatic carbocycles. The molecule has 1 amide bonds. The summed E-state index contributed by atoms with van der Waals surface area (Å²) in [4.78, 5) is 22.7. The molecule has 5 nitrogen and oxygen atoms in total. The molecule has 6 heteroatoms. The smallest absolute Gasteiger partial charge is 0.276 e. The van der Waals surface area contributed by atoms with Crippen LogP contribution in [0.4, 0.5) is 5.69 Å². The van der Waals surface area contributed by atoms with E-state index < -0.39 is 0 Å². The first-order valence-electron chi connectivity index (χ1n) is 7.80. The molecule has 3 rings (SSSR count). The molecule has 0 bridgehead atoms. The Morgan fingerprint density at radius 3 is 2.64 bits per heavy atom. The van der Waals surface area contributed by atoms with Crippen LogP contribution in [0.25, 0.3) is 0 Å². The number of aromatic nitrogens is 2. The third kappa shape index (κ3) is 4.14. The lowest BCUT2D eigenvalue weighted by molar-refractivity contribution is 0.0983. The highest BCUT2D eigenvalue weighted by Crippen LogP contribution is 2.22. The van der Waals surface area contributed by atoms with Crippen molar-refractivity contribution in [3.05, 3.63) is 77.7 Å². The van der Waals surface area contributed by atoms with E-state index in [0.29, 0.717) is 29.0 Å². The Bertz CT molecular complexity index is 871. The lowest BCUT2D eigenvalue weighted by Crippen LogP contribution is -2.31. The zero-order valence-electron chi connectivity index (χ0n) is 13.6. The Morgan fingerprint density at radius 1 is 1.12 bits per heavy atom. The average molecular weight is 354 g/mol. The number of carbonyl (C=O) groups excluding carboxylic acids is 1. The quantitative estimate of drug-likeness (QED) is 0.629. The molecular weight excluding hydrogens is 338 g/mol. The van der Waals surface area contributed by atoms with Gasteiger partial charge in [-0.15, -0.1) is 0 Å². The molecule has 0 saturated carbocycles. The van der Waals surface area contributed by atoms with Crippen LogP contribution in [-0.4, -0.2) is 22.4 Å². The highest BCUT2D eigenvalue weighted by molar-refractivity contribution is 6.29. The summed E-state index contributed by atoms with van der Waals surface area (Å²) in [6.07, 6.45) is 1.54. The van der Waals surface area contributed by atoms with E-state index in [1.54, 1.807) is 41.4 Å². The van der Waals surface area contributed by atoms with Crippen LogP contribution < -0.4 is 9.64 Å². The average Bonchev–Trinajstić information content (AvgIpc) is 2.63. The number of hydrogen-bond donors (Lipinski definition) is 0. The molecule has 0 spiro atoms. The van der Waals surface area contributed by atoms with Gasteiger partial charge in [0.2, 0.25) is 5.88 Å². The first-order chi connectivity index (χ1) is 12.2. The van der Waals surface area contributed by atoms with Gasteiger partial charge in [0, 0.05) is 30.6 Å². The maximum Gasteiger partial charge on any atom is 0.276 e. The number of halogens is 1. The summed E-state index contributed by atoms with van der Waals surface area (Å²) in [6, 6.07) is 17.8. The first-order valence-corrected chi connectivity index (χ1v) is 8.18. The minimum absolute atomic E-state index is 0.188. The van der Waals surface area contributed by atoms with Gasteiger partial charge in [0.25, 0.3) is 5.91 Å². The molecule has 126 valence electrons. The van der Waals surface area contributed by atoms with Crippen LogP contribution in [0, 0.1) is 0 Å². The Morgan fingerprint density at radius 2 is 1.92 bits per heavy atom. The van der Waals surface area contributed by atoms with Crippen molar-refractivity contribution in [2.45, 2.75) is 6.92 Å². The second-order valence-electron chi connectivity index (χ2n) is 5.16. The topological polar surface area (TPSA) is 55.3 Å². The van der Waals surface area contributed by atoms with E-state index in [2.05, 4.69) is 9.97 Å². The summed E-state index contributed by atoms with van der Waals surface area (Å²) in [5, 5.41) is 0.325. The summed E-state index contributed by atoms with van der Waals surface area (Å²) in [5.74, 6) is 0.636. The molecule has 25 heavy (non-hydrogen) atoms. The van der Waals surface area contributed by atoms with E-state index in [1.807, 2.05) is 37.3 Å². The number of anilines is 1. The number of hydrogen-bond acceptors (Lipinski definition) is 4. The van der Waals surface area contributed by atoms with Gasteiger partial charge in [-0.25, -0.2) is 9.97 Å². The minimum atomic E-state index is -0.188. The van der Waals surface area contributed by atoms with E-state index >= 15 is 0 Å². The van der Waals surface area contributed by atoms with Crippen molar-refractivity contribution in [3.8, 4) is 11.6 Å². The van der Waals surface area contributed by atoms with Gasteiger partial charge in [-0.2, -0.15) is 0 Å². The van der Waals surface area contributed by atoms with Crippen molar-refractivity contribution in [1.29, 1.82) is 0 Å². The van der Waals surface area contributed by atoms with Gasteiger partial charge >= 0.3 is 0 Å². The molecule has 0 saturated heterocycles. The molecular formula is C19H16ClN3O2. The Hall–Kier alpha value is -2.92. The number of benzene rings is 1. The maximum absolute atomic E-state index is 12.8. The largest absolute Gasteiger partial charge is 0.439 e. The van der Waals surface area contributed by atoms with E-state index in [9.17, 15) is 4.79 Å². The third-order valence-corrected chi connectivity index (χ3v) is 3.70. The monoisotopic (exact) mass is 353 g/mol. The van der Waals surface area contributed by atoms with Gasteiger partial charge in [-0.1, -0.05) is 35.9 Å². The highest BCUT2D eigenvalue weighted by Gasteiger charge is 2.17. The molecule has 0 radical (unpaired) electrons. The van der Waals surface area contributed by atoms with E-state index in [0.717, 1.165) is 5.69 Å². The number of pyridine rings is 2. The Labute approximate surface area is 150 Å². The maximum atomic E-state index is 12.8. The van der Waals surface area contributed by atoms with Crippen LogP contribution in [0.2, 0.25) is 5.15 Å². The molecule has 0 aliphatic rings. The SMILES string of the molecule is CCN(C(=O)c1cccc(Oc2ccnc(Cl)c2)n1)c1ccccc1. The lowest BCUT2D eigenvalue weighted by atomic mass is 10.2. The second kappa shape index (κ2) is 7.77. The van der Waals surface area contributed by atoms with Crippen LogP contribution in [0.1, 0.15) is 17.4 Å². The summed E-state index contributed by atoms with van der Waals surface area (Å²) in [5.41, 5.74) is 1.13. The van der Waals surface area contributed by atoms with Crippen molar-refractivity contribution in [2.75, 3.05) is 11.4 Å². The standard InChI is InChI=1S/C19H16ClN3O2/c1-2-23(14-7-4-3-5-8-14)19(24)16-9-6-10-18(22-16)25-15-11-12-21-17(20)13-15/h3-13H,2H2,1H3. The summed E-state index contributed by atoms with van der Waals surface area (Å²) in [7, 11) is 0. The van der Waals surface area contributed by atoms with Gasteiger partial charge < -0.3 is 9.64 Å². The summed E-state index contributed by atoms with van der Waals surface area (Å²) < 4.78 is 5.66. The lowest BCUT2D eigenvalue weighted by Gasteiger charge is -2.20. The number of para-hydroxylation sites is 1. The van der Waals surface area contributed by atoms with E-state index in [4.69, 9.17) is 16.3 Å². The zero-order valence-corrected chi connectivity index (χ0v) is 14.3. The molecule has 1 aromatic carbocycles. The van der Waals surface area contributed by atoms with Crippen molar-refractivity contribution < 1.29 is 9.53 Å². The van der Waals surface area contributed by atoms with Crippen LogP contribution in [0.15, 0.2) is 66.9 Å². The number of carbonyl (C=O) groups is 1. The Balaban J connectivity index is 1.84. The van der Waals surface area contributed by atoms with E-state index in [-0.39, 0.29) is 5.91 Å². The molecule has 3 aromatic rings. The molecule has 2 aromatic heterocycles. The number of rotatable bonds is 5. The van der Waals surface area contributed by atoms with Crippen LogP contribution in [0.3, 0.4) is 0 Å². The predicted molar refractivity (Wildman–Crippen MR) is 97.4 cm³/mol. The fourth-order valence-corrected chi connectivity index (χ4v) is 2.51. The summed E-state index contributed by atoms with van der Waals surface area (Å²) in [6.45, 7) is 2.46. The fraction of sp³-hybridized carbons (Fsp3) is 0.105. The third-order valence-electron chi connectivity index (χ3n) is 3.49. The molecule has 2 heterocycles. The minimum Gasteiger partial charge on any atom is -0.439 e. The number of nitrogens with zero attached hydrogens (tertiary/aromatic N) is 3. The van der Waals surface area contributed by atoms with Gasteiger partial charge in [0.15, 0.2) is 0 Å². The Kier molecular flexibility index (Phi) is 5.26. The summed E-state index contributed by atoms with van der Waals surface area (Å²) >= 11 is 5.85. The van der Waals surface area contributed by atoms with Gasteiger partial charge in [-0.3, -0.25) is 4.79 Å². The van der Waals surface area contributed by atoms with E-state index in [1.165, 1.54) is 0 Å². The molecule has 0 N–H and O–H groups in total. The van der Waals surface area contributed by atoms with Crippen molar-refractivity contribution in [1.82, 2.24) is 9.97 Å². The second-order valence-corrected chi connectivity index (χ2v) is 5.55. The van der Waals surface area contributed by atoms with Gasteiger partial charge in [0.05, 0.1) is 0 Å². The zero-order chi connectivity index (χ0) is 17.6. The van der Waals surface area contributed by atoms with Gasteiger partial charge in [-0.05, 0) is 31.2 Å². The highest BCUT2D eigenvalue weighted by atomic mass is 35.5. The number of amides is 1. The molecule has 0 atom stereocenters. The predicted octanol–water partition coefficient (Wildman–Crippen LogP) is 4.59.